The summed E-state index contributed by atoms with van der Waals surface area (Å²) in [5.41, 5.74) is -2.52. The number of halogens is 3. The van der Waals surface area contributed by atoms with Gasteiger partial charge in [-0.25, -0.2) is 13.2 Å². The lowest BCUT2D eigenvalue weighted by molar-refractivity contribution is -0.228. The summed E-state index contributed by atoms with van der Waals surface area (Å²) >= 11 is 0. The van der Waals surface area contributed by atoms with Crippen LogP contribution in [-0.4, -0.2) is 44.1 Å². The summed E-state index contributed by atoms with van der Waals surface area (Å²) in [6.07, 6.45) is -5.95. The highest BCUT2D eigenvalue weighted by atomic mass is 32.2. The van der Waals surface area contributed by atoms with Crippen LogP contribution in [0.3, 0.4) is 0 Å². The second-order valence-corrected chi connectivity index (χ2v) is 7.77. The van der Waals surface area contributed by atoms with Gasteiger partial charge in [0, 0.05) is 13.0 Å². The first-order valence-electron chi connectivity index (χ1n) is 7.36. The Morgan fingerprint density at radius 1 is 1.16 bits per heavy atom. The number of ether oxygens (including phenoxy) is 1. The molecule has 1 heterocycles. The van der Waals surface area contributed by atoms with Gasteiger partial charge in [-0.15, -0.1) is 0 Å². The third-order valence-corrected chi connectivity index (χ3v) is 6.27. The molecule has 0 fully saturated rings. The number of esters is 1. The van der Waals surface area contributed by atoms with Crippen LogP contribution in [0.4, 0.5) is 13.2 Å². The van der Waals surface area contributed by atoms with Crippen LogP contribution in [0.15, 0.2) is 46.4 Å². The summed E-state index contributed by atoms with van der Waals surface area (Å²) in [6.45, 7) is 2.45. The molecule has 0 N–H and O–H groups in total. The Bertz CT molecular complexity index is 802. The molecule has 1 aliphatic heterocycles. The molecule has 0 amide bonds. The van der Waals surface area contributed by atoms with Gasteiger partial charge < -0.3 is 4.74 Å². The second-order valence-electron chi connectivity index (χ2n) is 5.91. The minimum Gasteiger partial charge on any atom is -0.467 e. The predicted molar refractivity (Wildman–Crippen MR) is 84.1 cm³/mol. The van der Waals surface area contributed by atoms with E-state index in [0.717, 1.165) is 7.11 Å². The van der Waals surface area contributed by atoms with Crippen molar-refractivity contribution in [2.75, 3.05) is 13.7 Å². The average molecular weight is 377 g/mol. The molecular weight excluding hydrogens is 359 g/mol. The molecule has 9 heteroatoms. The van der Waals surface area contributed by atoms with Gasteiger partial charge >= 0.3 is 12.1 Å². The van der Waals surface area contributed by atoms with Gasteiger partial charge in [0.1, 0.15) is 0 Å². The Hall–Kier alpha value is -1.87. The molecule has 0 saturated carbocycles. The molecule has 25 heavy (non-hydrogen) atoms. The average Bonchev–Trinajstić information content (AvgIpc) is 2.55. The van der Waals surface area contributed by atoms with Gasteiger partial charge in [0.2, 0.25) is 15.6 Å². The summed E-state index contributed by atoms with van der Waals surface area (Å²) in [5.74, 6) is -1.65. The monoisotopic (exact) mass is 377 g/mol. The quantitative estimate of drug-likeness (QED) is 0.600. The Morgan fingerprint density at radius 2 is 1.72 bits per heavy atom. The third kappa shape index (κ3) is 3.06. The van der Waals surface area contributed by atoms with E-state index in [1.54, 1.807) is 13.0 Å². The number of nitrogens with zero attached hydrogens (tertiary/aromatic N) is 1. The smallest absolute Gasteiger partial charge is 0.418 e. The normalized spacial score (nSPS) is 22.8. The number of carbonyl (C=O) groups is 1. The van der Waals surface area contributed by atoms with Crippen molar-refractivity contribution in [3.63, 3.8) is 0 Å². The Labute approximate surface area is 144 Å². The van der Waals surface area contributed by atoms with Gasteiger partial charge in [0.25, 0.3) is 0 Å². The van der Waals surface area contributed by atoms with Crippen molar-refractivity contribution in [3.05, 3.63) is 41.5 Å². The van der Waals surface area contributed by atoms with E-state index in [1.165, 1.54) is 31.2 Å². The van der Waals surface area contributed by atoms with Crippen LogP contribution in [0, 0.1) is 0 Å². The van der Waals surface area contributed by atoms with Gasteiger partial charge in [0.05, 0.1) is 12.0 Å². The molecule has 1 aliphatic rings. The summed E-state index contributed by atoms with van der Waals surface area (Å²) in [6, 6.07) is 6.72. The van der Waals surface area contributed by atoms with E-state index in [0.29, 0.717) is 11.1 Å². The summed E-state index contributed by atoms with van der Waals surface area (Å²) in [4.78, 5) is 11.9. The molecule has 2 rings (SSSR count). The number of methoxy groups -OCH3 is 1. The number of benzene rings is 1. The molecule has 138 valence electrons. The first-order valence-corrected chi connectivity index (χ1v) is 8.80. The molecule has 0 bridgehead atoms. The first-order chi connectivity index (χ1) is 11.5. The van der Waals surface area contributed by atoms with Crippen molar-refractivity contribution in [3.8, 4) is 0 Å². The predicted octanol–water partition coefficient (Wildman–Crippen LogP) is 2.89. The number of hydrogen-bond donors (Lipinski definition) is 0. The minimum absolute atomic E-state index is 0.212. The maximum Gasteiger partial charge on any atom is 0.418 e. The van der Waals surface area contributed by atoms with E-state index in [4.69, 9.17) is 0 Å². The molecule has 0 radical (unpaired) electrons. The van der Waals surface area contributed by atoms with E-state index in [9.17, 15) is 26.4 Å². The molecule has 1 aromatic rings. The second kappa shape index (κ2) is 6.45. The van der Waals surface area contributed by atoms with Crippen molar-refractivity contribution >= 4 is 16.0 Å². The molecule has 0 saturated heterocycles. The third-order valence-electron chi connectivity index (χ3n) is 4.38. The lowest BCUT2D eigenvalue weighted by Gasteiger charge is -2.44. The Morgan fingerprint density at radius 3 is 2.20 bits per heavy atom. The van der Waals surface area contributed by atoms with Gasteiger partial charge in [-0.3, -0.25) is 0 Å². The van der Waals surface area contributed by atoms with Crippen molar-refractivity contribution in [2.45, 2.75) is 36.9 Å². The molecule has 1 aromatic carbocycles. The topological polar surface area (TPSA) is 63.7 Å². The van der Waals surface area contributed by atoms with E-state index in [1.807, 2.05) is 0 Å². The lowest BCUT2D eigenvalue weighted by atomic mass is 9.85. The maximum atomic E-state index is 14.0. The number of sulfonamides is 1. The zero-order chi connectivity index (χ0) is 19.0. The van der Waals surface area contributed by atoms with E-state index in [-0.39, 0.29) is 9.20 Å². The summed E-state index contributed by atoms with van der Waals surface area (Å²) in [7, 11) is -3.78. The SMILES string of the molecule is COC(=O)[C@]1(C(F)(F)F)CC(C)=C(C)CN1S(=O)(=O)c1ccccc1. The highest BCUT2D eigenvalue weighted by molar-refractivity contribution is 7.89. The standard InChI is InChI=1S/C16H18F3NO4S/c1-11-9-15(14(21)24-3,16(17,18)19)20(10-12(11)2)25(22,23)13-7-5-4-6-8-13/h4-8H,9-10H2,1-3H3/t15-/m0/s1. The van der Waals surface area contributed by atoms with Crippen molar-refractivity contribution < 1.29 is 31.1 Å². The fourth-order valence-electron chi connectivity index (χ4n) is 2.82. The van der Waals surface area contributed by atoms with Gasteiger partial charge in [-0.1, -0.05) is 29.3 Å². The number of rotatable bonds is 3. The van der Waals surface area contributed by atoms with Crippen LogP contribution in [0.2, 0.25) is 0 Å². The minimum atomic E-state index is -5.15. The summed E-state index contributed by atoms with van der Waals surface area (Å²) in [5, 5.41) is 0. The molecule has 1 atom stereocenters. The van der Waals surface area contributed by atoms with Crippen LogP contribution >= 0.6 is 0 Å². The molecule has 0 unspecified atom stereocenters. The number of alkyl halides is 3. The van der Waals surface area contributed by atoms with Crippen LogP contribution in [0.5, 0.6) is 0 Å². The van der Waals surface area contributed by atoms with Crippen LogP contribution in [0.1, 0.15) is 20.3 Å². The Kier molecular flexibility index (Phi) is 5.02. The fourth-order valence-corrected chi connectivity index (χ4v) is 4.59. The Balaban J connectivity index is 2.77. The van der Waals surface area contributed by atoms with Gasteiger partial charge in [-0.05, 0) is 26.0 Å². The maximum absolute atomic E-state index is 14.0. The molecule has 0 aliphatic carbocycles. The van der Waals surface area contributed by atoms with Gasteiger partial charge in [0.15, 0.2) is 0 Å². The molecule has 5 nitrogen and oxygen atoms in total. The van der Waals surface area contributed by atoms with Crippen LogP contribution < -0.4 is 0 Å². The zero-order valence-electron chi connectivity index (χ0n) is 13.9. The fraction of sp³-hybridized carbons (Fsp3) is 0.438. The molecular formula is C16H18F3NO4S. The van der Waals surface area contributed by atoms with Crippen LogP contribution in [0.25, 0.3) is 0 Å². The van der Waals surface area contributed by atoms with Crippen molar-refractivity contribution in [1.82, 2.24) is 4.31 Å². The number of hydrogen-bond acceptors (Lipinski definition) is 4. The summed E-state index contributed by atoms with van der Waals surface area (Å²) < 4.78 is 72.4. The highest BCUT2D eigenvalue weighted by Gasteiger charge is 2.69. The van der Waals surface area contributed by atoms with E-state index in [2.05, 4.69) is 4.74 Å². The number of carbonyl (C=O) groups excluding carboxylic acids is 1. The van der Waals surface area contributed by atoms with E-state index >= 15 is 0 Å². The molecule has 0 spiro atoms. The lowest BCUT2D eigenvalue weighted by Crippen LogP contribution is -2.67. The van der Waals surface area contributed by atoms with Gasteiger partial charge in [-0.2, -0.15) is 17.5 Å². The zero-order valence-corrected chi connectivity index (χ0v) is 14.7. The van der Waals surface area contributed by atoms with Crippen LogP contribution in [-0.2, 0) is 19.6 Å². The first kappa shape index (κ1) is 19.5. The van der Waals surface area contributed by atoms with Crippen molar-refractivity contribution in [1.29, 1.82) is 0 Å². The largest absolute Gasteiger partial charge is 0.467 e. The molecule has 0 aromatic heterocycles. The highest BCUT2D eigenvalue weighted by Crippen LogP contribution is 2.47. The van der Waals surface area contributed by atoms with E-state index < -0.39 is 40.7 Å². The van der Waals surface area contributed by atoms with Crippen molar-refractivity contribution in [2.24, 2.45) is 0 Å².